The van der Waals surface area contributed by atoms with Gasteiger partial charge in [-0.05, 0) is 78.5 Å². The molecule has 0 saturated heterocycles. The van der Waals surface area contributed by atoms with Gasteiger partial charge in [0.15, 0.2) is 11.5 Å². The maximum absolute atomic E-state index is 13.6. The predicted octanol–water partition coefficient (Wildman–Crippen LogP) is 8.14. The van der Waals surface area contributed by atoms with Crippen molar-refractivity contribution in [3.05, 3.63) is 96.4 Å². The number of hydrogen-bond acceptors (Lipinski definition) is 5. The molecule has 1 aromatic heterocycles. The Kier molecular flexibility index (Phi) is 8.82. The number of benzene rings is 3. The Morgan fingerprint density at radius 2 is 1.82 bits per heavy atom. The lowest BCUT2D eigenvalue weighted by Crippen LogP contribution is -2.25. The number of halogens is 2. The van der Waals surface area contributed by atoms with Gasteiger partial charge in [0, 0.05) is 20.4 Å². The van der Waals surface area contributed by atoms with Gasteiger partial charge in [-0.25, -0.2) is 4.98 Å². The van der Waals surface area contributed by atoms with Crippen LogP contribution in [0, 0.1) is 6.92 Å². The van der Waals surface area contributed by atoms with Crippen molar-refractivity contribution >= 4 is 49.0 Å². The Balaban J connectivity index is 1.51. The predicted molar refractivity (Wildman–Crippen MR) is 163 cm³/mol. The summed E-state index contributed by atoms with van der Waals surface area (Å²) in [7, 11) is 0. The van der Waals surface area contributed by atoms with E-state index in [0.29, 0.717) is 35.6 Å². The first-order valence-corrected chi connectivity index (χ1v) is 14.9. The van der Waals surface area contributed by atoms with E-state index in [9.17, 15) is 4.79 Å². The summed E-state index contributed by atoms with van der Waals surface area (Å²) in [5.41, 5.74) is 3.58. The second-order valence-electron chi connectivity index (χ2n) is 9.86. The van der Waals surface area contributed by atoms with Crippen LogP contribution in [0.2, 0.25) is 0 Å². The van der Waals surface area contributed by atoms with Gasteiger partial charge < -0.3 is 9.47 Å². The fraction of sp³-hybridized carbons (Fsp3) is 0.323. The molecule has 0 radical (unpaired) electrons. The van der Waals surface area contributed by atoms with Crippen molar-refractivity contribution < 1.29 is 9.47 Å². The number of aryl methyl sites for hydroxylation is 1. The van der Waals surface area contributed by atoms with Gasteiger partial charge in [-0.1, -0.05) is 65.0 Å². The molecule has 8 heteroatoms. The van der Waals surface area contributed by atoms with E-state index in [2.05, 4.69) is 50.9 Å². The van der Waals surface area contributed by atoms with Crippen LogP contribution in [0.1, 0.15) is 67.5 Å². The van der Waals surface area contributed by atoms with Crippen molar-refractivity contribution in [1.29, 1.82) is 0 Å². The highest BCUT2D eigenvalue weighted by Gasteiger charge is 2.22. The summed E-state index contributed by atoms with van der Waals surface area (Å²) in [6, 6.07) is 17.6. The largest absolute Gasteiger partial charge is 0.490 e. The smallest absolute Gasteiger partial charge is 0.282 e. The van der Waals surface area contributed by atoms with Crippen molar-refractivity contribution in [2.45, 2.75) is 58.5 Å². The van der Waals surface area contributed by atoms with E-state index < -0.39 is 0 Å². The molecule has 6 nitrogen and oxygen atoms in total. The molecule has 1 aliphatic rings. The maximum Gasteiger partial charge on any atom is 0.282 e. The average molecular weight is 653 g/mol. The van der Waals surface area contributed by atoms with Gasteiger partial charge in [0.05, 0.1) is 23.7 Å². The third-order valence-electron chi connectivity index (χ3n) is 6.96. The van der Waals surface area contributed by atoms with Gasteiger partial charge in [-0.15, -0.1) is 0 Å². The van der Waals surface area contributed by atoms with E-state index >= 15 is 0 Å². The highest BCUT2D eigenvalue weighted by molar-refractivity contribution is 9.10. The van der Waals surface area contributed by atoms with Crippen molar-refractivity contribution in [3.63, 3.8) is 0 Å². The minimum atomic E-state index is -0.169. The molecule has 0 spiro atoms. The second kappa shape index (κ2) is 12.5. The summed E-state index contributed by atoms with van der Waals surface area (Å²) < 4.78 is 15.2. The lowest BCUT2D eigenvalue weighted by atomic mass is 9.88. The van der Waals surface area contributed by atoms with Gasteiger partial charge in [-0.2, -0.15) is 9.78 Å². The fourth-order valence-corrected chi connectivity index (χ4v) is 5.80. The Bertz CT molecular complexity index is 1580. The molecule has 0 N–H and O–H groups in total. The fourth-order valence-electron chi connectivity index (χ4n) is 5.02. The molecule has 0 amide bonds. The summed E-state index contributed by atoms with van der Waals surface area (Å²) in [6.45, 7) is 4.93. The highest BCUT2D eigenvalue weighted by Crippen LogP contribution is 2.35. The number of nitrogens with zero attached hydrogens (tertiary/aromatic N) is 3. The Labute approximate surface area is 245 Å². The van der Waals surface area contributed by atoms with E-state index in [1.54, 1.807) is 6.21 Å². The van der Waals surface area contributed by atoms with E-state index in [4.69, 9.17) is 19.6 Å². The van der Waals surface area contributed by atoms with Crippen LogP contribution in [-0.4, -0.2) is 22.5 Å². The van der Waals surface area contributed by atoms with Crippen LogP contribution in [0.5, 0.6) is 11.5 Å². The highest BCUT2D eigenvalue weighted by atomic mass is 79.9. The summed E-state index contributed by atoms with van der Waals surface area (Å²) >= 11 is 7.16. The van der Waals surface area contributed by atoms with Crippen molar-refractivity contribution in [1.82, 2.24) is 9.66 Å². The van der Waals surface area contributed by atoms with Crippen LogP contribution in [0.4, 0.5) is 0 Å². The molecule has 1 fully saturated rings. The first kappa shape index (κ1) is 27.6. The number of hydrogen-bond donors (Lipinski definition) is 0. The van der Waals surface area contributed by atoms with Crippen LogP contribution in [0.25, 0.3) is 10.9 Å². The third-order valence-corrected chi connectivity index (χ3v) is 8.14. The van der Waals surface area contributed by atoms with Crippen molar-refractivity contribution in [2.24, 2.45) is 5.10 Å². The molecule has 4 aromatic rings. The van der Waals surface area contributed by atoms with Crippen LogP contribution >= 0.6 is 31.9 Å². The molecule has 5 rings (SSSR count). The molecule has 202 valence electrons. The van der Waals surface area contributed by atoms with Crippen molar-refractivity contribution in [3.8, 4) is 11.5 Å². The van der Waals surface area contributed by atoms with Gasteiger partial charge >= 0.3 is 0 Å². The van der Waals surface area contributed by atoms with E-state index in [0.717, 1.165) is 51.6 Å². The maximum atomic E-state index is 13.6. The number of rotatable bonds is 8. The van der Waals surface area contributed by atoms with Gasteiger partial charge in [0.1, 0.15) is 12.4 Å². The molecule has 39 heavy (non-hydrogen) atoms. The lowest BCUT2D eigenvalue weighted by Gasteiger charge is -2.22. The summed E-state index contributed by atoms with van der Waals surface area (Å²) in [5, 5.41) is 5.24. The molecule has 1 heterocycles. The Morgan fingerprint density at radius 1 is 1.03 bits per heavy atom. The number of fused-ring (bicyclic) bond motifs is 1. The topological polar surface area (TPSA) is 65.7 Å². The average Bonchev–Trinajstić information content (AvgIpc) is 2.94. The van der Waals surface area contributed by atoms with E-state index in [-0.39, 0.29) is 11.5 Å². The molecule has 0 bridgehead atoms. The molecule has 1 saturated carbocycles. The molecular weight excluding hydrogens is 622 g/mol. The summed E-state index contributed by atoms with van der Waals surface area (Å²) in [5.74, 6) is 2.19. The second-order valence-corrected chi connectivity index (χ2v) is 11.6. The number of ether oxygens (including phenoxy) is 2. The van der Waals surface area contributed by atoms with Crippen LogP contribution in [0.3, 0.4) is 0 Å². The zero-order valence-corrected chi connectivity index (χ0v) is 25.3. The minimum absolute atomic E-state index is 0.169. The summed E-state index contributed by atoms with van der Waals surface area (Å²) in [4.78, 5) is 18.6. The van der Waals surface area contributed by atoms with E-state index in [1.165, 1.54) is 16.7 Å². The minimum Gasteiger partial charge on any atom is -0.490 e. The number of aromatic nitrogens is 2. The molecule has 1 aliphatic carbocycles. The van der Waals surface area contributed by atoms with Crippen LogP contribution in [0.15, 0.2) is 73.4 Å². The molecule has 3 aromatic carbocycles. The lowest BCUT2D eigenvalue weighted by molar-refractivity contribution is 0.269. The monoisotopic (exact) mass is 651 g/mol. The first-order valence-electron chi connectivity index (χ1n) is 13.3. The van der Waals surface area contributed by atoms with E-state index in [1.807, 2.05) is 49.4 Å². The standard InChI is InChI=1S/C31H31Br2N3O3/c1-3-38-28-15-23(26(33)17-29(28)39-19-21-9-7-8-20(2)14-21)18-34-36-30(22-10-5-4-6-11-22)35-27-13-12-24(32)16-25(27)31(36)37/h7-9,12-18,22H,3-6,10-11,19H2,1-2H3. The normalized spacial score (nSPS) is 14.3. The molecule has 0 atom stereocenters. The van der Waals surface area contributed by atoms with Crippen LogP contribution < -0.4 is 15.0 Å². The zero-order chi connectivity index (χ0) is 27.4. The van der Waals surface area contributed by atoms with Gasteiger partial charge in [0.2, 0.25) is 0 Å². The summed E-state index contributed by atoms with van der Waals surface area (Å²) in [6.07, 6.45) is 7.20. The third kappa shape index (κ3) is 6.44. The Hall–Kier alpha value is -2.97. The molecule has 0 unspecified atom stereocenters. The van der Waals surface area contributed by atoms with Crippen molar-refractivity contribution in [2.75, 3.05) is 6.61 Å². The first-order chi connectivity index (χ1) is 18.9. The molecule has 0 aliphatic heterocycles. The van der Waals surface area contributed by atoms with Gasteiger partial charge in [0.25, 0.3) is 5.56 Å². The van der Waals surface area contributed by atoms with Crippen LogP contribution in [-0.2, 0) is 6.61 Å². The quantitative estimate of drug-likeness (QED) is 0.180. The SMILES string of the molecule is CCOc1cc(C=Nn2c(C3CCCCC3)nc3ccc(Br)cc3c2=O)c(Br)cc1OCc1cccc(C)c1. The Morgan fingerprint density at radius 3 is 2.59 bits per heavy atom. The van der Waals surface area contributed by atoms with Gasteiger partial charge in [-0.3, -0.25) is 4.79 Å². The molecular formula is C31H31Br2N3O3. The zero-order valence-electron chi connectivity index (χ0n) is 22.1.